The van der Waals surface area contributed by atoms with Crippen molar-refractivity contribution in [2.24, 2.45) is 0 Å². The van der Waals surface area contributed by atoms with E-state index in [9.17, 15) is 0 Å². The van der Waals surface area contributed by atoms with Gasteiger partial charge in [-0.2, -0.15) is 0 Å². The Morgan fingerprint density at radius 2 is 1.79 bits per heavy atom. The summed E-state index contributed by atoms with van der Waals surface area (Å²) in [6, 6.07) is 20.9. The maximum Gasteiger partial charge on any atom is 0.137 e. The maximum absolute atomic E-state index is 4.51. The number of fused-ring (bicyclic) bond motifs is 2. The minimum Gasteiger partial charge on any atom is -0.363 e. The fourth-order valence-corrected chi connectivity index (χ4v) is 3.48. The van der Waals surface area contributed by atoms with E-state index < -0.39 is 0 Å². The number of hydrogen-bond acceptors (Lipinski definition) is 4. The Labute approximate surface area is 162 Å². The molecule has 0 aliphatic heterocycles. The second kappa shape index (κ2) is 6.78. The molecule has 0 aliphatic carbocycles. The molecule has 5 aromatic rings. The number of pyridine rings is 1. The zero-order valence-corrected chi connectivity index (χ0v) is 15.4. The molecule has 0 bridgehead atoms. The van der Waals surface area contributed by atoms with Crippen molar-refractivity contribution >= 4 is 27.8 Å². The van der Waals surface area contributed by atoms with Gasteiger partial charge in [0.2, 0.25) is 0 Å². The predicted octanol–water partition coefficient (Wildman–Crippen LogP) is 5.35. The van der Waals surface area contributed by atoms with Gasteiger partial charge in [0.25, 0.3) is 0 Å². The monoisotopic (exact) mass is 365 g/mol. The molecule has 0 saturated heterocycles. The van der Waals surface area contributed by atoms with E-state index in [-0.39, 0.29) is 6.04 Å². The molecule has 5 rings (SSSR count). The number of anilines is 1. The Bertz CT molecular complexity index is 1260. The third-order valence-electron chi connectivity index (χ3n) is 5.02. The van der Waals surface area contributed by atoms with Gasteiger partial charge in [-0.25, -0.2) is 15.0 Å². The normalized spacial score (nSPS) is 12.3. The molecule has 136 valence electrons. The predicted molar refractivity (Wildman–Crippen MR) is 113 cm³/mol. The summed E-state index contributed by atoms with van der Waals surface area (Å²) in [5.41, 5.74) is 5.19. The Kier molecular flexibility index (Phi) is 3.98. The van der Waals surface area contributed by atoms with Crippen molar-refractivity contribution in [3.8, 4) is 11.1 Å². The standard InChI is InChI=1S/C23H19N5/c1-15(16-5-3-2-4-6-16)28-23-20-12-17(7-8-21(20)26-14-27-23)19-11-18-9-10-24-22(18)25-13-19/h2-15H,1H3,(H,24,25)(H,26,27,28). The molecule has 3 heterocycles. The molecule has 2 aromatic carbocycles. The third-order valence-corrected chi connectivity index (χ3v) is 5.02. The van der Waals surface area contributed by atoms with Crippen LogP contribution in [-0.2, 0) is 0 Å². The number of aromatic nitrogens is 4. The lowest BCUT2D eigenvalue weighted by atomic mass is 10.0. The van der Waals surface area contributed by atoms with Crippen LogP contribution in [0.2, 0.25) is 0 Å². The third kappa shape index (κ3) is 2.97. The Balaban J connectivity index is 1.56. The van der Waals surface area contributed by atoms with Crippen molar-refractivity contribution in [1.82, 2.24) is 19.9 Å². The molecule has 0 amide bonds. The molecular weight excluding hydrogens is 346 g/mol. The fraction of sp³-hybridized carbons (Fsp3) is 0.0870. The molecule has 28 heavy (non-hydrogen) atoms. The summed E-state index contributed by atoms with van der Waals surface area (Å²) in [5, 5.41) is 5.63. The first-order valence-corrected chi connectivity index (χ1v) is 9.28. The van der Waals surface area contributed by atoms with Crippen molar-refractivity contribution in [1.29, 1.82) is 0 Å². The summed E-state index contributed by atoms with van der Waals surface area (Å²) >= 11 is 0. The summed E-state index contributed by atoms with van der Waals surface area (Å²) in [4.78, 5) is 16.6. The van der Waals surface area contributed by atoms with Gasteiger partial charge in [-0.1, -0.05) is 36.4 Å². The van der Waals surface area contributed by atoms with Crippen LogP contribution in [0.3, 0.4) is 0 Å². The van der Waals surface area contributed by atoms with Gasteiger partial charge < -0.3 is 10.3 Å². The highest BCUT2D eigenvalue weighted by Crippen LogP contribution is 2.29. The summed E-state index contributed by atoms with van der Waals surface area (Å²) in [6.45, 7) is 2.14. The van der Waals surface area contributed by atoms with E-state index in [1.807, 2.05) is 42.7 Å². The van der Waals surface area contributed by atoms with Crippen LogP contribution in [0.25, 0.3) is 33.1 Å². The minimum atomic E-state index is 0.140. The summed E-state index contributed by atoms with van der Waals surface area (Å²) in [6.07, 6.45) is 5.40. The molecule has 2 N–H and O–H groups in total. The van der Waals surface area contributed by atoms with Crippen molar-refractivity contribution in [3.63, 3.8) is 0 Å². The van der Waals surface area contributed by atoms with Crippen LogP contribution in [0.5, 0.6) is 0 Å². The molecule has 5 nitrogen and oxygen atoms in total. The van der Waals surface area contributed by atoms with E-state index in [4.69, 9.17) is 0 Å². The second-order valence-electron chi connectivity index (χ2n) is 6.87. The van der Waals surface area contributed by atoms with Crippen LogP contribution in [-0.4, -0.2) is 19.9 Å². The summed E-state index contributed by atoms with van der Waals surface area (Å²) < 4.78 is 0. The van der Waals surface area contributed by atoms with E-state index in [1.165, 1.54) is 5.56 Å². The average molecular weight is 365 g/mol. The molecule has 5 heteroatoms. The van der Waals surface area contributed by atoms with E-state index >= 15 is 0 Å². The first-order valence-electron chi connectivity index (χ1n) is 9.28. The minimum absolute atomic E-state index is 0.140. The molecule has 3 aromatic heterocycles. The highest BCUT2D eigenvalue weighted by Gasteiger charge is 2.11. The number of rotatable bonds is 4. The number of aromatic amines is 1. The molecule has 0 aliphatic rings. The maximum atomic E-state index is 4.51. The fourth-order valence-electron chi connectivity index (χ4n) is 3.48. The van der Waals surface area contributed by atoms with Gasteiger partial charge in [-0.3, -0.25) is 0 Å². The zero-order chi connectivity index (χ0) is 18.9. The Morgan fingerprint density at radius 3 is 2.68 bits per heavy atom. The molecule has 0 saturated carbocycles. The number of H-pyrrole nitrogens is 1. The van der Waals surface area contributed by atoms with Gasteiger partial charge in [0.05, 0.1) is 5.52 Å². The molecule has 1 atom stereocenters. The van der Waals surface area contributed by atoms with Crippen molar-refractivity contribution in [3.05, 3.63) is 84.9 Å². The average Bonchev–Trinajstić information content (AvgIpc) is 3.22. The number of hydrogen-bond donors (Lipinski definition) is 2. The largest absolute Gasteiger partial charge is 0.363 e. The van der Waals surface area contributed by atoms with E-state index in [0.29, 0.717) is 0 Å². The first-order chi connectivity index (χ1) is 13.8. The Morgan fingerprint density at radius 1 is 0.893 bits per heavy atom. The highest BCUT2D eigenvalue weighted by atomic mass is 15.0. The van der Waals surface area contributed by atoms with E-state index in [2.05, 4.69) is 62.5 Å². The van der Waals surface area contributed by atoms with E-state index in [0.717, 1.165) is 38.9 Å². The smallest absolute Gasteiger partial charge is 0.137 e. The summed E-state index contributed by atoms with van der Waals surface area (Å²) in [5.74, 6) is 0.832. The van der Waals surface area contributed by atoms with Gasteiger partial charge in [-0.05, 0) is 42.3 Å². The number of benzene rings is 2. The zero-order valence-electron chi connectivity index (χ0n) is 15.4. The SMILES string of the molecule is CC(Nc1ncnc2ccc(-c3cnc4[nH]ccc4c3)cc12)c1ccccc1. The lowest BCUT2D eigenvalue weighted by Crippen LogP contribution is -2.08. The van der Waals surface area contributed by atoms with Crippen molar-refractivity contribution < 1.29 is 0 Å². The molecular formula is C23H19N5. The first kappa shape index (κ1) is 16.4. The van der Waals surface area contributed by atoms with Gasteiger partial charge in [0.15, 0.2) is 0 Å². The Hall–Kier alpha value is -3.73. The number of nitrogens with one attached hydrogen (secondary N) is 2. The number of nitrogens with zero attached hydrogens (tertiary/aromatic N) is 3. The highest BCUT2D eigenvalue weighted by molar-refractivity contribution is 5.93. The molecule has 0 spiro atoms. The van der Waals surface area contributed by atoms with Crippen LogP contribution >= 0.6 is 0 Å². The van der Waals surface area contributed by atoms with Crippen molar-refractivity contribution in [2.45, 2.75) is 13.0 Å². The van der Waals surface area contributed by atoms with Gasteiger partial charge in [-0.15, -0.1) is 0 Å². The molecule has 1 unspecified atom stereocenters. The summed E-state index contributed by atoms with van der Waals surface area (Å²) in [7, 11) is 0. The molecule has 0 radical (unpaired) electrons. The van der Waals surface area contributed by atoms with Crippen LogP contribution < -0.4 is 5.32 Å². The van der Waals surface area contributed by atoms with Crippen LogP contribution in [0, 0.1) is 0 Å². The topological polar surface area (TPSA) is 66.5 Å². The van der Waals surface area contributed by atoms with Gasteiger partial charge in [0, 0.05) is 34.8 Å². The van der Waals surface area contributed by atoms with Crippen LogP contribution in [0.1, 0.15) is 18.5 Å². The van der Waals surface area contributed by atoms with Crippen LogP contribution in [0.4, 0.5) is 5.82 Å². The molecule has 0 fully saturated rings. The van der Waals surface area contributed by atoms with Gasteiger partial charge in [0.1, 0.15) is 17.8 Å². The second-order valence-corrected chi connectivity index (χ2v) is 6.87. The van der Waals surface area contributed by atoms with Crippen LogP contribution in [0.15, 0.2) is 79.4 Å². The van der Waals surface area contributed by atoms with Gasteiger partial charge >= 0.3 is 0 Å². The van der Waals surface area contributed by atoms with Crippen molar-refractivity contribution in [2.75, 3.05) is 5.32 Å². The lowest BCUT2D eigenvalue weighted by molar-refractivity contribution is 0.876. The quantitative estimate of drug-likeness (QED) is 0.451. The van der Waals surface area contributed by atoms with E-state index in [1.54, 1.807) is 6.33 Å². The lowest BCUT2D eigenvalue weighted by Gasteiger charge is -2.16.